The van der Waals surface area contributed by atoms with Gasteiger partial charge >= 0.3 is 0 Å². The third kappa shape index (κ3) is 2.89. The highest BCUT2D eigenvalue weighted by atomic mass is 79.9. The zero-order valence-electron chi connectivity index (χ0n) is 11.0. The monoisotopic (exact) mass is 363 g/mol. The van der Waals surface area contributed by atoms with Crippen LogP contribution < -0.4 is 5.32 Å². The largest absolute Gasteiger partial charge is 0.380 e. The third-order valence-electron chi connectivity index (χ3n) is 3.39. The molecule has 0 aromatic heterocycles. The number of hydrogen-bond donors (Lipinski definition) is 1. The second-order valence-corrected chi connectivity index (χ2v) is 5.96. The van der Waals surface area contributed by atoms with Gasteiger partial charge in [-0.2, -0.15) is 0 Å². The topological polar surface area (TPSA) is 12.0 Å². The minimum Gasteiger partial charge on any atom is -0.380 e. The van der Waals surface area contributed by atoms with Gasteiger partial charge in [0.25, 0.3) is 0 Å². The fourth-order valence-electron chi connectivity index (χ4n) is 2.30. The van der Waals surface area contributed by atoms with Gasteiger partial charge in [-0.3, -0.25) is 0 Å². The summed E-state index contributed by atoms with van der Waals surface area (Å²) >= 11 is 9.59. The number of fused-ring (bicyclic) bond motifs is 1. The van der Waals surface area contributed by atoms with E-state index in [4.69, 9.17) is 11.6 Å². The van der Waals surface area contributed by atoms with Gasteiger partial charge in [-0.25, -0.2) is 4.39 Å². The molecule has 0 fully saturated rings. The van der Waals surface area contributed by atoms with Crippen molar-refractivity contribution in [1.29, 1.82) is 0 Å². The molecule has 0 atom stereocenters. The normalized spacial score (nSPS) is 10.8. The quantitative estimate of drug-likeness (QED) is 0.600. The first kappa shape index (κ1) is 14.4. The lowest BCUT2D eigenvalue weighted by molar-refractivity contribution is 0.613. The molecule has 0 aliphatic heterocycles. The van der Waals surface area contributed by atoms with Crippen LogP contribution in [-0.2, 0) is 6.54 Å². The van der Waals surface area contributed by atoms with Gasteiger partial charge in [0.15, 0.2) is 0 Å². The molecule has 0 saturated heterocycles. The van der Waals surface area contributed by atoms with Crippen LogP contribution in [-0.4, -0.2) is 0 Å². The lowest BCUT2D eigenvalue weighted by atomic mass is 10.1. The maximum Gasteiger partial charge on any atom is 0.129 e. The average molecular weight is 365 g/mol. The van der Waals surface area contributed by atoms with Crippen molar-refractivity contribution in [3.63, 3.8) is 0 Å². The van der Waals surface area contributed by atoms with Crippen molar-refractivity contribution in [3.05, 3.63) is 75.5 Å². The molecule has 0 bridgehead atoms. The SMILES string of the molecule is Fc1cccc(Cl)c1CNc1ccc(Br)c2ccccc12. The van der Waals surface area contributed by atoms with Gasteiger partial charge in [0.1, 0.15) is 5.82 Å². The number of hydrogen-bond acceptors (Lipinski definition) is 1. The molecule has 1 nitrogen and oxygen atoms in total. The summed E-state index contributed by atoms with van der Waals surface area (Å²) in [4.78, 5) is 0. The Labute approximate surface area is 135 Å². The predicted molar refractivity (Wildman–Crippen MR) is 90.4 cm³/mol. The molecule has 0 aliphatic carbocycles. The van der Waals surface area contributed by atoms with Gasteiger partial charge in [0, 0.05) is 32.7 Å². The molecule has 1 N–H and O–H groups in total. The van der Waals surface area contributed by atoms with Crippen LogP contribution in [0.1, 0.15) is 5.56 Å². The van der Waals surface area contributed by atoms with E-state index in [0.29, 0.717) is 17.1 Å². The smallest absolute Gasteiger partial charge is 0.129 e. The molecule has 106 valence electrons. The summed E-state index contributed by atoms with van der Waals surface area (Å²) in [5.74, 6) is -0.295. The Morgan fingerprint density at radius 1 is 0.952 bits per heavy atom. The minimum atomic E-state index is -0.295. The van der Waals surface area contributed by atoms with Crippen molar-refractivity contribution < 1.29 is 4.39 Å². The lowest BCUT2D eigenvalue weighted by Crippen LogP contribution is -2.03. The summed E-state index contributed by atoms with van der Waals surface area (Å²) in [5.41, 5.74) is 1.43. The van der Waals surface area contributed by atoms with Gasteiger partial charge in [0.2, 0.25) is 0 Å². The Hall–Kier alpha value is -1.58. The van der Waals surface area contributed by atoms with Crippen LogP contribution in [0, 0.1) is 5.82 Å². The summed E-state index contributed by atoms with van der Waals surface area (Å²) in [6, 6.07) is 16.7. The first-order valence-corrected chi connectivity index (χ1v) is 7.68. The van der Waals surface area contributed by atoms with Crippen LogP contribution in [0.15, 0.2) is 59.1 Å². The van der Waals surface area contributed by atoms with Crippen molar-refractivity contribution in [2.24, 2.45) is 0 Å². The van der Waals surface area contributed by atoms with Gasteiger partial charge in [-0.1, -0.05) is 57.9 Å². The average Bonchev–Trinajstić information content (AvgIpc) is 2.49. The van der Waals surface area contributed by atoms with E-state index in [1.54, 1.807) is 12.1 Å². The zero-order valence-corrected chi connectivity index (χ0v) is 13.4. The minimum absolute atomic E-state index is 0.295. The molecule has 0 aliphatic rings. The number of rotatable bonds is 3. The number of benzene rings is 3. The Balaban J connectivity index is 1.94. The molecule has 0 saturated carbocycles. The fourth-order valence-corrected chi connectivity index (χ4v) is 3.01. The number of anilines is 1. The molecular formula is C17H12BrClFN. The molecule has 3 rings (SSSR count). The summed E-state index contributed by atoms with van der Waals surface area (Å²) in [5, 5.41) is 5.90. The molecule has 21 heavy (non-hydrogen) atoms. The predicted octanol–water partition coefficient (Wildman–Crippen LogP) is 6.01. The van der Waals surface area contributed by atoms with E-state index in [1.807, 2.05) is 36.4 Å². The third-order valence-corrected chi connectivity index (χ3v) is 4.43. The Kier molecular flexibility index (Phi) is 4.13. The van der Waals surface area contributed by atoms with Crippen molar-refractivity contribution in [3.8, 4) is 0 Å². The molecule has 0 unspecified atom stereocenters. The molecule has 3 aromatic carbocycles. The fraction of sp³-hybridized carbons (Fsp3) is 0.0588. The van der Waals surface area contributed by atoms with Crippen LogP contribution in [0.25, 0.3) is 10.8 Å². The van der Waals surface area contributed by atoms with E-state index in [9.17, 15) is 4.39 Å². The molecule has 0 radical (unpaired) electrons. The molecule has 0 heterocycles. The van der Waals surface area contributed by atoms with E-state index in [0.717, 1.165) is 20.9 Å². The van der Waals surface area contributed by atoms with Gasteiger partial charge < -0.3 is 5.32 Å². The highest BCUT2D eigenvalue weighted by Crippen LogP contribution is 2.30. The summed E-state index contributed by atoms with van der Waals surface area (Å²) in [6.45, 7) is 0.344. The van der Waals surface area contributed by atoms with Crippen LogP contribution in [0.3, 0.4) is 0 Å². The van der Waals surface area contributed by atoms with E-state index in [-0.39, 0.29) is 5.82 Å². The second-order valence-electron chi connectivity index (χ2n) is 4.69. The maximum atomic E-state index is 13.8. The molecule has 0 amide bonds. The summed E-state index contributed by atoms with van der Waals surface area (Å²) in [6.07, 6.45) is 0. The number of halogens is 3. The van der Waals surface area contributed by atoms with Crippen molar-refractivity contribution in [1.82, 2.24) is 0 Å². The molecule has 4 heteroatoms. The van der Waals surface area contributed by atoms with Crippen molar-refractivity contribution in [2.75, 3.05) is 5.32 Å². The van der Waals surface area contributed by atoms with Gasteiger partial charge in [-0.15, -0.1) is 0 Å². The second kappa shape index (κ2) is 6.04. The van der Waals surface area contributed by atoms with Crippen LogP contribution in [0.2, 0.25) is 5.02 Å². The number of nitrogens with one attached hydrogen (secondary N) is 1. The maximum absolute atomic E-state index is 13.8. The van der Waals surface area contributed by atoms with E-state index < -0.39 is 0 Å². The molecular weight excluding hydrogens is 353 g/mol. The first-order chi connectivity index (χ1) is 10.2. The van der Waals surface area contributed by atoms with Gasteiger partial charge in [0.05, 0.1) is 0 Å². The lowest BCUT2D eigenvalue weighted by Gasteiger charge is -2.12. The van der Waals surface area contributed by atoms with Crippen LogP contribution >= 0.6 is 27.5 Å². The molecule has 0 spiro atoms. The van der Waals surface area contributed by atoms with E-state index in [1.165, 1.54) is 6.07 Å². The van der Waals surface area contributed by atoms with Crippen molar-refractivity contribution >= 4 is 44.0 Å². The summed E-state index contributed by atoms with van der Waals surface area (Å²) in [7, 11) is 0. The Bertz CT molecular complexity index is 784. The highest BCUT2D eigenvalue weighted by molar-refractivity contribution is 9.10. The van der Waals surface area contributed by atoms with Crippen molar-refractivity contribution in [2.45, 2.75) is 6.54 Å². The van der Waals surface area contributed by atoms with Crippen LogP contribution in [0.5, 0.6) is 0 Å². The Morgan fingerprint density at radius 2 is 1.71 bits per heavy atom. The van der Waals surface area contributed by atoms with E-state index in [2.05, 4.69) is 21.2 Å². The standard InChI is InChI=1S/C17H12BrClFN/c18-14-8-9-17(12-5-2-1-4-11(12)14)21-10-13-15(19)6-3-7-16(13)20/h1-9,21H,10H2. The summed E-state index contributed by atoms with van der Waals surface area (Å²) < 4.78 is 14.8. The first-order valence-electron chi connectivity index (χ1n) is 6.51. The Morgan fingerprint density at radius 3 is 2.48 bits per heavy atom. The molecule has 3 aromatic rings. The highest BCUT2D eigenvalue weighted by Gasteiger charge is 2.08. The van der Waals surface area contributed by atoms with E-state index >= 15 is 0 Å². The van der Waals surface area contributed by atoms with Gasteiger partial charge in [-0.05, 0) is 29.7 Å². The zero-order chi connectivity index (χ0) is 14.8. The van der Waals surface area contributed by atoms with Crippen LogP contribution in [0.4, 0.5) is 10.1 Å².